The third-order valence-corrected chi connectivity index (χ3v) is 5.56. The number of nitrogens with zero attached hydrogens (tertiary/aromatic N) is 4. The second-order valence-corrected chi connectivity index (χ2v) is 8.89. The highest BCUT2D eigenvalue weighted by Crippen LogP contribution is 2.24. The first-order valence-electron chi connectivity index (χ1n) is 9.08. The van der Waals surface area contributed by atoms with Crippen LogP contribution in [0.4, 0.5) is 24.9 Å². The van der Waals surface area contributed by atoms with Gasteiger partial charge in [-0.3, -0.25) is 14.1 Å². The number of fused-ring (bicyclic) bond motifs is 1. The maximum absolute atomic E-state index is 13.0. The molecule has 0 saturated heterocycles. The zero-order valence-corrected chi connectivity index (χ0v) is 17.3. The Bertz CT molecular complexity index is 1270. The molecule has 0 radical (unpaired) electrons. The molecule has 3 rings (SSSR count). The lowest BCUT2D eigenvalue weighted by atomic mass is 10.1. The molecular formula is C18H19F3N6O3S. The normalized spacial score (nSPS) is 12.5. The molecule has 3 N–H and O–H groups in total. The molecule has 166 valence electrons. The lowest BCUT2D eigenvalue weighted by Gasteiger charge is -2.15. The van der Waals surface area contributed by atoms with Gasteiger partial charge in [-0.1, -0.05) is 0 Å². The molecule has 0 aliphatic heterocycles. The minimum Gasteiger partial charge on any atom is -0.368 e. The fourth-order valence-corrected chi connectivity index (χ4v) is 3.93. The van der Waals surface area contributed by atoms with Crippen molar-refractivity contribution < 1.29 is 21.6 Å². The van der Waals surface area contributed by atoms with Crippen LogP contribution in [0, 0.1) is 0 Å². The van der Waals surface area contributed by atoms with Gasteiger partial charge in [-0.05, 0) is 32.0 Å². The summed E-state index contributed by atoms with van der Waals surface area (Å²) in [6.45, 7) is 3.61. The zero-order valence-electron chi connectivity index (χ0n) is 16.5. The number of nitrogen functional groups attached to an aromatic ring is 1. The SMILES string of the molecule is CC(C)n1c(=O)c(-c2ccc(NS(=O)(=O)CCC(F)(F)F)nc2)cc2cnc(N)nc21. The highest BCUT2D eigenvalue weighted by molar-refractivity contribution is 7.92. The minimum atomic E-state index is -4.59. The molecule has 3 aromatic rings. The van der Waals surface area contributed by atoms with Crippen LogP contribution in [0.25, 0.3) is 22.2 Å². The van der Waals surface area contributed by atoms with E-state index in [1.165, 1.54) is 29.1 Å². The van der Waals surface area contributed by atoms with Crippen molar-refractivity contribution in [1.29, 1.82) is 0 Å². The predicted molar refractivity (Wildman–Crippen MR) is 110 cm³/mol. The van der Waals surface area contributed by atoms with Crippen LogP contribution in [0.1, 0.15) is 26.3 Å². The summed E-state index contributed by atoms with van der Waals surface area (Å²) in [4.78, 5) is 25.0. The smallest absolute Gasteiger partial charge is 0.368 e. The quantitative estimate of drug-likeness (QED) is 0.583. The average molecular weight is 456 g/mol. The lowest BCUT2D eigenvalue weighted by Crippen LogP contribution is -2.25. The molecule has 9 nitrogen and oxygen atoms in total. The van der Waals surface area contributed by atoms with E-state index in [1.807, 2.05) is 4.72 Å². The summed E-state index contributed by atoms with van der Waals surface area (Å²) in [6.07, 6.45) is -3.32. The van der Waals surface area contributed by atoms with E-state index in [2.05, 4.69) is 15.0 Å². The van der Waals surface area contributed by atoms with Crippen LogP contribution in [0.15, 0.2) is 35.4 Å². The van der Waals surface area contributed by atoms with Gasteiger partial charge in [-0.15, -0.1) is 0 Å². The van der Waals surface area contributed by atoms with Crippen LogP contribution in [-0.2, 0) is 10.0 Å². The number of hydrogen-bond acceptors (Lipinski definition) is 7. The summed E-state index contributed by atoms with van der Waals surface area (Å²) in [5.74, 6) is -1.25. The summed E-state index contributed by atoms with van der Waals surface area (Å²) in [6, 6.07) is 4.04. The van der Waals surface area contributed by atoms with E-state index in [0.717, 1.165) is 0 Å². The van der Waals surface area contributed by atoms with Gasteiger partial charge in [0.1, 0.15) is 11.5 Å². The number of rotatable bonds is 6. The van der Waals surface area contributed by atoms with Gasteiger partial charge < -0.3 is 5.73 Å². The Kier molecular flexibility index (Phi) is 5.89. The van der Waals surface area contributed by atoms with Gasteiger partial charge >= 0.3 is 6.18 Å². The Morgan fingerprint density at radius 1 is 1.19 bits per heavy atom. The van der Waals surface area contributed by atoms with Gasteiger partial charge in [-0.25, -0.2) is 18.4 Å². The Morgan fingerprint density at radius 3 is 2.48 bits per heavy atom. The van der Waals surface area contributed by atoms with Gasteiger partial charge in [0.25, 0.3) is 5.56 Å². The van der Waals surface area contributed by atoms with Crippen molar-refractivity contribution in [3.8, 4) is 11.1 Å². The molecule has 31 heavy (non-hydrogen) atoms. The zero-order chi connectivity index (χ0) is 23.0. The Morgan fingerprint density at radius 2 is 1.90 bits per heavy atom. The second kappa shape index (κ2) is 8.13. The molecule has 0 aliphatic carbocycles. The number of hydrogen-bond donors (Lipinski definition) is 2. The topological polar surface area (TPSA) is 133 Å². The lowest BCUT2D eigenvalue weighted by molar-refractivity contribution is -0.129. The van der Waals surface area contributed by atoms with E-state index in [-0.39, 0.29) is 28.9 Å². The van der Waals surface area contributed by atoms with Crippen LogP contribution in [0.3, 0.4) is 0 Å². The summed E-state index contributed by atoms with van der Waals surface area (Å²) in [5.41, 5.74) is 6.31. The van der Waals surface area contributed by atoms with Crippen molar-refractivity contribution >= 4 is 32.8 Å². The van der Waals surface area contributed by atoms with Crippen molar-refractivity contribution in [1.82, 2.24) is 19.5 Å². The minimum absolute atomic E-state index is 0.0258. The van der Waals surface area contributed by atoms with Gasteiger partial charge in [-0.2, -0.15) is 18.2 Å². The summed E-state index contributed by atoms with van der Waals surface area (Å²) >= 11 is 0. The first-order chi connectivity index (χ1) is 14.4. The molecular weight excluding hydrogens is 437 g/mol. The Hall–Kier alpha value is -3.22. The van der Waals surface area contributed by atoms with Crippen LogP contribution in [0.5, 0.6) is 0 Å². The largest absolute Gasteiger partial charge is 0.390 e. The molecule has 13 heteroatoms. The number of pyridine rings is 2. The number of sulfonamides is 1. The molecule has 0 saturated carbocycles. The van der Waals surface area contributed by atoms with E-state index in [1.54, 1.807) is 19.9 Å². The third-order valence-electron chi connectivity index (χ3n) is 4.30. The van der Waals surface area contributed by atoms with E-state index in [0.29, 0.717) is 16.6 Å². The second-order valence-electron chi connectivity index (χ2n) is 7.05. The molecule has 0 atom stereocenters. The van der Waals surface area contributed by atoms with Gasteiger partial charge in [0.2, 0.25) is 16.0 Å². The van der Waals surface area contributed by atoms with Crippen LogP contribution in [0.2, 0.25) is 0 Å². The van der Waals surface area contributed by atoms with E-state index in [9.17, 15) is 26.4 Å². The van der Waals surface area contributed by atoms with E-state index < -0.39 is 28.4 Å². The Balaban J connectivity index is 1.95. The predicted octanol–water partition coefficient (Wildman–Crippen LogP) is 2.71. The van der Waals surface area contributed by atoms with Crippen LogP contribution < -0.4 is 16.0 Å². The number of anilines is 2. The molecule has 3 heterocycles. The van der Waals surface area contributed by atoms with Crippen molar-refractivity contribution in [2.45, 2.75) is 32.5 Å². The fraction of sp³-hybridized carbons (Fsp3) is 0.333. The van der Waals surface area contributed by atoms with Crippen molar-refractivity contribution in [3.05, 3.63) is 40.9 Å². The van der Waals surface area contributed by atoms with Gasteiger partial charge in [0.05, 0.1) is 12.2 Å². The molecule has 0 unspecified atom stereocenters. The van der Waals surface area contributed by atoms with Crippen molar-refractivity contribution in [3.63, 3.8) is 0 Å². The molecule has 3 aromatic heterocycles. The number of alkyl halides is 3. The van der Waals surface area contributed by atoms with Crippen LogP contribution >= 0.6 is 0 Å². The summed E-state index contributed by atoms with van der Waals surface area (Å²) in [5, 5.41) is 0.564. The fourth-order valence-electron chi connectivity index (χ4n) is 2.89. The number of nitrogens with one attached hydrogen (secondary N) is 1. The van der Waals surface area contributed by atoms with Gasteiger partial charge in [0.15, 0.2) is 0 Å². The number of nitrogens with two attached hydrogens (primary N) is 1. The Labute approximate surface area is 175 Å². The molecule has 0 fully saturated rings. The number of aromatic nitrogens is 4. The van der Waals surface area contributed by atoms with Crippen LogP contribution in [-0.4, -0.2) is 39.9 Å². The van der Waals surface area contributed by atoms with Crippen molar-refractivity contribution in [2.75, 3.05) is 16.2 Å². The molecule has 0 bridgehead atoms. The maximum atomic E-state index is 13.0. The highest BCUT2D eigenvalue weighted by Gasteiger charge is 2.30. The molecule has 0 aromatic carbocycles. The first kappa shape index (κ1) is 22.5. The average Bonchev–Trinajstić information content (AvgIpc) is 2.66. The number of halogens is 3. The monoisotopic (exact) mass is 456 g/mol. The summed E-state index contributed by atoms with van der Waals surface area (Å²) in [7, 11) is -4.23. The first-order valence-corrected chi connectivity index (χ1v) is 10.7. The summed E-state index contributed by atoms with van der Waals surface area (Å²) < 4.78 is 63.9. The molecule has 0 amide bonds. The van der Waals surface area contributed by atoms with Crippen molar-refractivity contribution in [2.24, 2.45) is 0 Å². The molecule has 0 aliphatic rings. The highest BCUT2D eigenvalue weighted by atomic mass is 32.2. The standard InChI is InChI=1S/C18H19F3N6O3S/c1-10(2)27-15-12(9-24-17(22)25-15)7-13(16(27)28)11-3-4-14(23-8-11)26-31(29,30)6-5-18(19,20)21/h3-4,7-10H,5-6H2,1-2H3,(H,23,26)(H2,22,24,25). The maximum Gasteiger partial charge on any atom is 0.390 e. The molecule has 0 spiro atoms. The van der Waals surface area contributed by atoms with Gasteiger partial charge in [0, 0.05) is 34.9 Å². The van der Waals surface area contributed by atoms with E-state index >= 15 is 0 Å². The van der Waals surface area contributed by atoms with E-state index in [4.69, 9.17) is 5.73 Å². The third kappa shape index (κ3) is 5.29.